The topological polar surface area (TPSA) is 12.0 Å². The van der Waals surface area contributed by atoms with Crippen LogP contribution in [0.3, 0.4) is 0 Å². The third kappa shape index (κ3) is 3.18. The van der Waals surface area contributed by atoms with E-state index in [-0.39, 0.29) is 0 Å². The predicted molar refractivity (Wildman–Crippen MR) is 88.6 cm³/mol. The average molecular weight is 263 g/mol. The molecule has 0 radical (unpaired) electrons. The fraction of sp³-hybridized carbons (Fsp3) is 0.158. The zero-order valence-corrected chi connectivity index (χ0v) is 12.2. The maximum Gasteiger partial charge on any atom is 0.0461 e. The monoisotopic (exact) mass is 263 g/mol. The molecule has 0 spiro atoms. The van der Waals surface area contributed by atoms with Crippen LogP contribution in [0.4, 0.5) is 5.69 Å². The molecule has 1 N–H and O–H groups in total. The van der Waals surface area contributed by atoms with Gasteiger partial charge in [-0.3, -0.25) is 0 Å². The predicted octanol–water partition coefficient (Wildman–Crippen LogP) is 5.33. The molecule has 0 aromatic heterocycles. The van der Waals surface area contributed by atoms with E-state index in [4.69, 9.17) is 0 Å². The minimum atomic E-state index is 0.396. The van der Waals surface area contributed by atoms with Gasteiger partial charge in [0.05, 0.1) is 0 Å². The summed E-state index contributed by atoms with van der Waals surface area (Å²) in [7, 11) is 0. The minimum Gasteiger partial charge on any atom is -0.359 e. The molecule has 0 aliphatic rings. The third-order valence-electron chi connectivity index (χ3n) is 3.37. The lowest BCUT2D eigenvalue weighted by atomic mass is 9.97. The lowest BCUT2D eigenvalue weighted by Gasteiger charge is -2.17. The molecule has 102 valence electrons. The highest BCUT2D eigenvalue weighted by Crippen LogP contribution is 2.29. The van der Waals surface area contributed by atoms with Crippen LogP contribution < -0.4 is 5.32 Å². The van der Waals surface area contributed by atoms with Crippen molar-refractivity contribution in [3.63, 3.8) is 0 Å². The Balaban J connectivity index is 2.33. The molecule has 0 aliphatic carbocycles. The molecule has 1 heteroatoms. The number of rotatable bonds is 5. The Kier molecular flexibility index (Phi) is 4.41. The molecular formula is C19H21N. The van der Waals surface area contributed by atoms with E-state index < -0.39 is 0 Å². The van der Waals surface area contributed by atoms with Gasteiger partial charge >= 0.3 is 0 Å². The Morgan fingerprint density at radius 2 is 1.50 bits per heavy atom. The summed E-state index contributed by atoms with van der Waals surface area (Å²) < 4.78 is 0. The second-order valence-corrected chi connectivity index (χ2v) is 5.20. The molecule has 0 saturated carbocycles. The molecule has 0 atom stereocenters. The van der Waals surface area contributed by atoms with Crippen LogP contribution in [0, 0.1) is 5.92 Å². The molecule has 0 bridgehead atoms. The van der Waals surface area contributed by atoms with Gasteiger partial charge in [-0.05, 0) is 23.1 Å². The second-order valence-electron chi connectivity index (χ2n) is 5.20. The van der Waals surface area contributed by atoms with E-state index in [1.165, 1.54) is 0 Å². The number of allylic oxidation sites excluding steroid dienone is 1. The van der Waals surface area contributed by atoms with Gasteiger partial charge in [0.2, 0.25) is 0 Å². The Labute approximate surface area is 121 Å². The van der Waals surface area contributed by atoms with Crippen LogP contribution in [0.1, 0.15) is 25.0 Å². The van der Waals surface area contributed by atoms with E-state index in [1.807, 2.05) is 30.3 Å². The summed E-state index contributed by atoms with van der Waals surface area (Å²) in [5.74, 6) is 0.396. The maximum atomic E-state index is 4.24. The van der Waals surface area contributed by atoms with Crippen molar-refractivity contribution in [2.45, 2.75) is 13.8 Å². The first kappa shape index (κ1) is 14.1. The maximum absolute atomic E-state index is 4.24. The number of anilines is 1. The van der Waals surface area contributed by atoms with E-state index in [0.29, 0.717) is 5.92 Å². The molecule has 2 aromatic rings. The number of para-hydroxylation sites is 1. The lowest BCUT2D eigenvalue weighted by Crippen LogP contribution is -2.06. The molecule has 0 amide bonds. The van der Waals surface area contributed by atoms with E-state index >= 15 is 0 Å². The molecule has 0 fully saturated rings. The summed E-state index contributed by atoms with van der Waals surface area (Å²) in [6.07, 6.45) is 0. The van der Waals surface area contributed by atoms with Gasteiger partial charge in [0, 0.05) is 16.9 Å². The van der Waals surface area contributed by atoms with Crippen molar-refractivity contribution in [3.05, 3.63) is 84.6 Å². The molecule has 0 unspecified atom stereocenters. The van der Waals surface area contributed by atoms with Gasteiger partial charge in [-0.25, -0.2) is 0 Å². The van der Waals surface area contributed by atoms with Gasteiger partial charge < -0.3 is 5.32 Å². The van der Waals surface area contributed by atoms with Crippen molar-refractivity contribution in [1.29, 1.82) is 0 Å². The summed E-state index contributed by atoms with van der Waals surface area (Å²) in [6, 6.07) is 18.5. The van der Waals surface area contributed by atoms with Crippen LogP contribution in [0.25, 0.3) is 5.57 Å². The first-order valence-electron chi connectivity index (χ1n) is 6.89. The first-order chi connectivity index (χ1) is 9.59. The van der Waals surface area contributed by atoms with E-state index in [9.17, 15) is 0 Å². The van der Waals surface area contributed by atoms with Crippen molar-refractivity contribution in [2.24, 2.45) is 5.92 Å². The molecule has 0 heterocycles. The van der Waals surface area contributed by atoms with Crippen molar-refractivity contribution < 1.29 is 0 Å². The number of hydrogen-bond donors (Lipinski definition) is 1. The van der Waals surface area contributed by atoms with E-state index in [1.54, 1.807) is 0 Å². The van der Waals surface area contributed by atoms with Crippen molar-refractivity contribution >= 4 is 11.3 Å². The van der Waals surface area contributed by atoms with E-state index in [2.05, 4.69) is 56.6 Å². The second kappa shape index (κ2) is 6.25. The van der Waals surface area contributed by atoms with Crippen LogP contribution in [-0.2, 0) is 0 Å². The van der Waals surface area contributed by atoms with Crippen LogP contribution in [0.5, 0.6) is 0 Å². The van der Waals surface area contributed by atoms with Crippen molar-refractivity contribution in [3.8, 4) is 0 Å². The summed E-state index contributed by atoms with van der Waals surface area (Å²) in [4.78, 5) is 0. The quantitative estimate of drug-likeness (QED) is 0.768. The molecule has 0 aliphatic heterocycles. The molecule has 1 nitrogen and oxygen atoms in total. The molecule has 2 rings (SSSR count). The Morgan fingerprint density at radius 1 is 0.900 bits per heavy atom. The van der Waals surface area contributed by atoms with Crippen molar-refractivity contribution in [2.75, 3.05) is 5.32 Å². The smallest absolute Gasteiger partial charge is 0.0461 e. The number of benzene rings is 2. The van der Waals surface area contributed by atoms with E-state index in [0.717, 1.165) is 28.1 Å². The highest BCUT2D eigenvalue weighted by Gasteiger charge is 2.09. The van der Waals surface area contributed by atoms with Crippen LogP contribution in [0.2, 0.25) is 0 Å². The lowest BCUT2D eigenvalue weighted by molar-refractivity contribution is 0.778. The SMILES string of the molecule is C=C(c1ccccc1)c1ccccc1NC(=C)C(C)C. The largest absolute Gasteiger partial charge is 0.359 e. The molecule has 20 heavy (non-hydrogen) atoms. The van der Waals surface area contributed by atoms with Crippen LogP contribution >= 0.6 is 0 Å². The Morgan fingerprint density at radius 3 is 2.15 bits per heavy atom. The summed E-state index contributed by atoms with van der Waals surface area (Å²) >= 11 is 0. The molecule has 2 aromatic carbocycles. The Hall–Kier alpha value is -2.28. The zero-order valence-electron chi connectivity index (χ0n) is 12.2. The fourth-order valence-corrected chi connectivity index (χ4v) is 1.97. The number of nitrogens with one attached hydrogen (secondary N) is 1. The van der Waals surface area contributed by atoms with Gasteiger partial charge in [0.1, 0.15) is 0 Å². The summed E-state index contributed by atoms with van der Waals surface area (Å²) in [6.45, 7) is 12.6. The zero-order chi connectivity index (χ0) is 14.5. The van der Waals surface area contributed by atoms with Gasteiger partial charge in [-0.2, -0.15) is 0 Å². The normalized spacial score (nSPS) is 10.3. The average Bonchev–Trinajstić information content (AvgIpc) is 2.48. The summed E-state index contributed by atoms with van der Waals surface area (Å²) in [5, 5.41) is 3.41. The minimum absolute atomic E-state index is 0.396. The van der Waals surface area contributed by atoms with Crippen LogP contribution in [-0.4, -0.2) is 0 Å². The van der Waals surface area contributed by atoms with Gasteiger partial charge in [0.25, 0.3) is 0 Å². The number of hydrogen-bond acceptors (Lipinski definition) is 1. The third-order valence-corrected chi connectivity index (χ3v) is 3.37. The summed E-state index contributed by atoms with van der Waals surface area (Å²) in [5.41, 5.74) is 5.33. The molecule has 0 saturated heterocycles. The van der Waals surface area contributed by atoms with Gasteiger partial charge in [0.15, 0.2) is 0 Å². The highest BCUT2D eigenvalue weighted by atomic mass is 14.9. The first-order valence-corrected chi connectivity index (χ1v) is 6.89. The van der Waals surface area contributed by atoms with Crippen molar-refractivity contribution in [1.82, 2.24) is 0 Å². The van der Waals surface area contributed by atoms with Gasteiger partial charge in [-0.15, -0.1) is 0 Å². The highest BCUT2D eigenvalue weighted by molar-refractivity contribution is 5.85. The fourth-order valence-electron chi connectivity index (χ4n) is 1.97. The van der Waals surface area contributed by atoms with Gasteiger partial charge in [-0.1, -0.05) is 75.5 Å². The molecular weight excluding hydrogens is 242 g/mol. The van der Waals surface area contributed by atoms with Crippen LogP contribution in [0.15, 0.2) is 73.5 Å². The standard InChI is InChI=1S/C19H21N/c1-14(2)16(4)20-19-13-9-8-12-18(19)15(3)17-10-6-5-7-11-17/h5-14,20H,3-4H2,1-2H3. The Bertz CT molecular complexity index is 609.